The van der Waals surface area contributed by atoms with Gasteiger partial charge < -0.3 is 10.1 Å². The third-order valence-electron chi connectivity index (χ3n) is 3.18. The molecule has 0 amide bonds. The van der Waals surface area contributed by atoms with Crippen molar-refractivity contribution in [1.82, 2.24) is 5.32 Å². The highest BCUT2D eigenvalue weighted by atomic mass is 19.1. The zero-order chi connectivity index (χ0) is 14.8. The van der Waals surface area contributed by atoms with Gasteiger partial charge in [-0.2, -0.15) is 0 Å². The fraction of sp³-hybridized carbons (Fsp3) is 0.562. The fourth-order valence-corrected chi connectivity index (χ4v) is 1.99. The molecular weight excluding hydrogens is 257 g/mol. The number of carbonyl (C=O) groups excluding carboxylic acids is 1. The largest absolute Gasteiger partial charge is 0.466 e. The second kappa shape index (κ2) is 9.48. The van der Waals surface area contributed by atoms with Crippen molar-refractivity contribution in [3.63, 3.8) is 0 Å². The second-order valence-electron chi connectivity index (χ2n) is 4.84. The van der Waals surface area contributed by atoms with Gasteiger partial charge in [0.05, 0.1) is 6.61 Å². The smallest absolute Gasteiger partial charge is 0.305 e. The lowest BCUT2D eigenvalue weighted by molar-refractivity contribution is -0.143. The number of carbonyl (C=O) groups is 1. The fourth-order valence-electron chi connectivity index (χ4n) is 1.99. The van der Waals surface area contributed by atoms with Gasteiger partial charge in [0.15, 0.2) is 0 Å². The van der Waals surface area contributed by atoms with Gasteiger partial charge in [0.2, 0.25) is 0 Å². The summed E-state index contributed by atoms with van der Waals surface area (Å²) < 4.78 is 17.7. The van der Waals surface area contributed by atoms with Crippen LogP contribution in [-0.2, 0) is 9.53 Å². The zero-order valence-electron chi connectivity index (χ0n) is 12.3. The van der Waals surface area contributed by atoms with Gasteiger partial charge in [-0.3, -0.25) is 4.79 Å². The summed E-state index contributed by atoms with van der Waals surface area (Å²) in [6.45, 7) is 5.22. The third-order valence-corrected chi connectivity index (χ3v) is 3.18. The van der Waals surface area contributed by atoms with Crippen LogP contribution in [0.25, 0.3) is 0 Å². The van der Waals surface area contributed by atoms with Crippen molar-refractivity contribution < 1.29 is 13.9 Å². The van der Waals surface area contributed by atoms with E-state index in [1.54, 1.807) is 12.1 Å². The van der Waals surface area contributed by atoms with Crippen LogP contribution in [-0.4, -0.2) is 19.1 Å². The van der Waals surface area contributed by atoms with E-state index in [1.165, 1.54) is 12.1 Å². The Balaban J connectivity index is 2.09. The number of hydrogen-bond acceptors (Lipinski definition) is 3. The monoisotopic (exact) mass is 281 g/mol. The van der Waals surface area contributed by atoms with Gasteiger partial charge in [-0.25, -0.2) is 4.39 Å². The maximum absolute atomic E-state index is 12.8. The molecule has 0 heterocycles. The van der Waals surface area contributed by atoms with Crippen molar-refractivity contribution in [1.29, 1.82) is 0 Å². The highest BCUT2D eigenvalue weighted by Gasteiger charge is 2.04. The molecular formula is C16H24FNO2. The molecule has 0 aromatic heterocycles. The predicted molar refractivity (Wildman–Crippen MR) is 77.9 cm³/mol. The number of unbranched alkanes of at least 4 members (excludes halogenated alkanes) is 2. The van der Waals surface area contributed by atoms with E-state index >= 15 is 0 Å². The van der Waals surface area contributed by atoms with Crippen LogP contribution in [0, 0.1) is 5.82 Å². The molecule has 1 N–H and O–H groups in total. The summed E-state index contributed by atoms with van der Waals surface area (Å²) in [6, 6.07) is 6.77. The SMILES string of the molecule is CCOC(=O)CCCCCN[C@@H](C)c1ccc(F)cc1. The summed E-state index contributed by atoms with van der Waals surface area (Å²) in [4.78, 5) is 11.1. The van der Waals surface area contributed by atoms with Crippen LogP contribution in [0.15, 0.2) is 24.3 Å². The molecule has 3 nitrogen and oxygen atoms in total. The molecule has 1 aromatic carbocycles. The molecule has 4 heteroatoms. The average Bonchev–Trinajstić information content (AvgIpc) is 2.43. The number of esters is 1. The molecule has 0 aliphatic heterocycles. The standard InChI is InChI=1S/C16H24FNO2/c1-3-20-16(19)7-5-4-6-12-18-13(2)14-8-10-15(17)11-9-14/h8-11,13,18H,3-7,12H2,1-2H3/t13-/m0/s1. The Bertz CT molecular complexity index is 392. The van der Waals surface area contributed by atoms with Crippen LogP contribution in [0.5, 0.6) is 0 Å². The van der Waals surface area contributed by atoms with Gasteiger partial charge in [0, 0.05) is 12.5 Å². The number of ether oxygens (including phenoxy) is 1. The van der Waals surface area contributed by atoms with E-state index in [1.807, 2.05) is 6.92 Å². The number of benzene rings is 1. The molecule has 0 bridgehead atoms. The van der Waals surface area contributed by atoms with Crippen molar-refractivity contribution in [2.24, 2.45) is 0 Å². The first-order valence-electron chi connectivity index (χ1n) is 7.28. The topological polar surface area (TPSA) is 38.3 Å². The van der Waals surface area contributed by atoms with E-state index in [4.69, 9.17) is 4.74 Å². The highest BCUT2D eigenvalue weighted by Crippen LogP contribution is 2.12. The summed E-state index contributed by atoms with van der Waals surface area (Å²) in [5.41, 5.74) is 1.08. The lowest BCUT2D eigenvalue weighted by Crippen LogP contribution is -2.19. The van der Waals surface area contributed by atoms with Crippen LogP contribution < -0.4 is 5.32 Å². The van der Waals surface area contributed by atoms with Crippen LogP contribution in [0.4, 0.5) is 4.39 Å². The number of nitrogens with one attached hydrogen (secondary N) is 1. The summed E-state index contributed by atoms with van der Waals surface area (Å²) >= 11 is 0. The van der Waals surface area contributed by atoms with E-state index in [9.17, 15) is 9.18 Å². The summed E-state index contributed by atoms with van der Waals surface area (Å²) in [7, 11) is 0. The molecule has 0 saturated heterocycles. The Morgan fingerprint density at radius 3 is 2.60 bits per heavy atom. The molecule has 0 aliphatic rings. The Kier molecular flexibility index (Phi) is 7.88. The molecule has 0 aliphatic carbocycles. The summed E-state index contributed by atoms with van der Waals surface area (Å²) in [6.07, 6.45) is 3.39. The average molecular weight is 281 g/mol. The molecule has 1 rings (SSSR count). The molecule has 0 spiro atoms. The van der Waals surface area contributed by atoms with Gasteiger partial charge in [-0.1, -0.05) is 18.6 Å². The summed E-state index contributed by atoms with van der Waals surface area (Å²) in [5.74, 6) is -0.319. The maximum Gasteiger partial charge on any atom is 0.305 e. The Hall–Kier alpha value is -1.42. The maximum atomic E-state index is 12.8. The first-order chi connectivity index (χ1) is 9.63. The number of rotatable bonds is 9. The molecule has 0 radical (unpaired) electrons. The minimum Gasteiger partial charge on any atom is -0.466 e. The summed E-state index contributed by atoms with van der Waals surface area (Å²) in [5, 5.41) is 3.39. The lowest BCUT2D eigenvalue weighted by atomic mass is 10.1. The molecule has 20 heavy (non-hydrogen) atoms. The van der Waals surface area contributed by atoms with Crippen LogP contribution in [0.2, 0.25) is 0 Å². The van der Waals surface area contributed by atoms with E-state index in [-0.39, 0.29) is 17.8 Å². The Morgan fingerprint density at radius 2 is 1.95 bits per heavy atom. The van der Waals surface area contributed by atoms with Gasteiger partial charge in [-0.05, 0) is 50.9 Å². The van der Waals surface area contributed by atoms with E-state index in [0.717, 1.165) is 31.4 Å². The molecule has 0 saturated carbocycles. The van der Waals surface area contributed by atoms with Crippen LogP contribution >= 0.6 is 0 Å². The molecule has 1 aromatic rings. The minimum atomic E-state index is -0.208. The lowest BCUT2D eigenvalue weighted by Gasteiger charge is -2.14. The highest BCUT2D eigenvalue weighted by molar-refractivity contribution is 5.69. The van der Waals surface area contributed by atoms with E-state index < -0.39 is 0 Å². The van der Waals surface area contributed by atoms with Gasteiger partial charge in [0.1, 0.15) is 5.82 Å². The van der Waals surface area contributed by atoms with E-state index in [2.05, 4.69) is 12.2 Å². The van der Waals surface area contributed by atoms with Crippen LogP contribution in [0.1, 0.15) is 51.1 Å². The molecule has 0 unspecified atom stereocenters. The molecule has 0 fully saturated rings. The van der Waals surface area contributed by atoms with E-state index in [0.29, 0.717) is 13.0 Å². The third kappa shape index (κ3) is 6.66. The van der Waals surface area contributed by atoms with Crippen molar-refractivity contribution in [3.8, 4) is 0 Å². The number of hydrogen-bond donors (Lipinski definition) is 1. The zero-order valence-corrected chi connectivity index (χ0v) is 12.3. The normalized spacial score (nSPS) is 12.2. The molecule has 1 atom stereocenters. The quantitative estimate of drug-likeness (QED) is 0.555. The van der Waals surface area contributed by atoms with Crippen LogP contribution in [0.3, 0.4) is 0 Å². The number of halogens is 1. The Labute approximate surface area is 120 Å². The Morgan fingerprint density at radius 1 is 1.25 bits per heavy atom. The van der Waals surface area contributed by atoms with Crippen molar-refractivity contribution in [3.05, 3.63) is 35.6 Å². The first-order valence-corrected chi connectivity index (χ1v) is 7.28. The van der Waals surface area contributed by atoms with Crippen molar-refractivity contribution >= 4 is 5.97 Å². The van der Waals surface area contributed by atoms with Gasteiger partial charge >= 0.3 is 5.97 Å². The minimum absolute atomic E-state index is 0.111. The van der Waals surface area contributed by atoms with Crippen molar-refractivity contribution in [2.75, 3.05) is 13.2 Å². The van der Waals surface area contributed by atoms with Crippen molar-refractivity contribution in [2.45, 2.75) is 45.6 Å². The predicted octanol–water partition coefficient (Wildman–Crippen LogP) is 3.60. The second-order valence-corrected chi connectivity index (χ2v) is 4.84. The van der Waals surface area contributed by atoms with Gasteiger partial charge in [-0.15, -0.1) is 0 Å². The first kappa shape index (κ1) is 16.6. The molecule has 112 valence electrons. The van der Waals surface area contributed by atoms with Gasteiger partial charge in [0.25, 0.3) is 0 Å².